The van der Waals surface area contributed by atoms with Crippen molar-refractivity contribution in [3.05, 3.63) is 92.4 Å². The summed E-state index contributed by atoms with van der Waals surface area (Å²) in [6.45, 7) is 9.30. The van der Waals surface area contributed by atoms with E-state index in [1.165, 1.54) is 34.9 Å². The zero-order valence-electron chi connectivity index (χ0n) is 23.2. The second-order valence-electron chi connectivity index (χ2n) is 9.32. The fourth-order valence-electron chi connectivity index (χ4n) is 4.29. The van der Waals surface area contributed by atoms with E-state index in [2.05, 4.69) is 10.2 Å². The van der Waals surface area contributed by atoms with E-state index >= 15 is 0 Å². The lowest BCUT2D eigenvalue weighted by Gasteiger charge is -2.22. The Kier molecular flexibility index (Phi) is 9.41. The number of hydrogen-bond acceptors (Lipinski definition) is 8. The van der Waals surface area contributed by atoms with Crippen molar-refractivity contribution in [3.8, 4) is 5.75 Å². The van der Waals surface area contributed by atoms with Crippen LogP contribution in [-0.4, -0.2) is 40.8 Å². The van der Waals surface area contributed by atoms with Gasteiger partial charge in [-0.1, -0.05) is 36.1 Å². The van der Waals surface area contributed by atoms with Crippen molar-refractivity contribution < 1.29 is 19.2 Å². The molecule has 1 saturated heterocycles. The van der Waals surface area contributed by atoms with E-state index in [4.69, 9.17) is 17.0 Å². The van der Waals surface area contributed by atoms with Crippen molar-refractivity contribution in [2.75, 3.05) is 34.8 Å². The smallest absolute Gasteiger partial charge is 0.271 e. The highest BCUT2D eigenvalue weighted by molar-refractivity contribution is 8.27. The van der Waals surface area contributed by atoms with Gasteiger partial charge in [0.05, 0.1) is 15.5 Å². The van der Waals surface area contributed by atoms with Crippen molar-refractivity contribution in [3.63, 3.8) is 0 Å². The second-order valence-corrected chi connectivity index (χ2v) is 11.0. The number of non-ortho nitro benzene ring substituents is 1. The maximum atomic E-state index is 13.4. The molecule has 9 nitrogen and oxygen atoms in total. The van der Waals surface area contributed by atoms with Gasteiger partial charge in [0.2, 0.25) is 0 Å². The van der Waals surface area contributed by atoms with Crippen molar-refractivity contribution >= 4 is 68.9 Å². The first-order valence-electron chi connectivity index (χ1n) is 13.0. The van der Waals surface area contributed by atoms with Gasteiger partial charge in [-0.15, -0.1) is 0 Å². The van der Waals surface area contributed by atoms with Crippen LogP contribution in [0.3, 0.4) is 0 Å². The molecule has 4 rings (SSSR count). The first-order valence-corrected chi connectivity index (χ1v) is 14.2. The molecule has 1 heterocycles. The number of carbonyl (C=O) groups excluding carboxylic acids is 2. The highest BCUT2D eigenvalue weighted by atomic mass is 32.2. The van der Waals surface area contributed by atoms with Crippen LogP contribution in [0.4, 0.5) is 22.7 Å². The molecule has 11 heteroatoms. The lowest BCUT2D eigenvalue weighted by molar-refractivity contribution is -0.384. The molecule has 3 aromatic rings. The van der Waals surface area contributed by atoms with E-state index in [-0.39, 0.29) is 18.2 Å². The number of carbonyl (C=O) groups is 2. The minimum atomic E-state index is -0.528. The molecule has 0 spiro atoms. The van der Waals surface area contributed by atoms with Crippen LogP contribution < -0.4 is 19.9 Å². The van der Waals surface area contributed by atoms with Crippen LogP contribution in [0.5, 0.6) is 5.75 Å². The first kappa shape index (κ1) is 29.8. The van der Waals surface area contributed by atoms with Crippen molar-refractivity contribution in [1.82, 2.24) is 0 Å². The summed E-state index contributed by atoms with van der Waals surface area (Å²) in [4.78, 5) is 40.7. The second kappa shape index (κ2) is 13.0. The van der Waals surface area contributed by atoms with Gasteiger partial charge in [-0.3, -0.25) is 24.6 Å². The zero-order chi connectivity index (χ0) is 29.7. The van der Waals surface area contributed by atoms with Gasteiger partial charge in [0.25, 0.3) is 17.5 Å². The molecule has 0 bridgehead atoms. The van der Waals surface area contributed by atoms with Gasteiger partial charge >= 0.3 is 0 Å². The Morgan fingerprint density at radius 3 is 2.54 bits per heavy atom. The van der Waals surface area contributed by atoms with Gasteiger partial charge < -0.3 is 15.0 Å². The lowest BCUT2D eigenvalue weighted by atomic mass is 10.1. The number of hydrogen-bond donors (Lipinski definition) is 1. The quantitative estimate of drug-likeness (QED) is 0.124. The average molecular weight is 591 g/mol. The molecule has 0 radical (unpaired) electrons. The van der Waals surface area contributed by atoms with Crippen molar-refractivity contribution in [2.45, 2.75) is 27.7 Å². The molecular formula is C30H30N4O5S2. The number of amides is 2. The van der Waals surface area contributed by atoms with Crippen molar-refractivity contribution in [2.24, 2.45) is 0 Å². The molecule has 1 aliphatic rings. The van der Waals surface area contributed by atoms with Gasteiger partial charge in [-0.2, -0.15) is 0 Å². The highest BCUT2D eigenvalue weighted by Crippen LogP contribution is 2.38. The number of thiocarbonyl (C=S) groups is 1. The average Bonchev–Trinajstić information content (AvgIpc) is 3.23. The summed E-state index contributed by atoms with van der Waals surface area (Å²) in [5.41, 5.74) is 4.58. The number of thioether (sulfide) groups is 1. The van der Waals surface area contributed by atoms with E-state index in [9.17, 15) is 19.7 Å². The number of nitrogens with zero attached hydrogens (tertiary/aromatic N) is 3. The van der Waals surface area contributed by atoms with Gasteiger partial charge in [0.1, 0.15) is 5.75 Å². The standard InChI is InChI=1S/C30H30N4O5S2/c1-5-32(6-2)23-13-11-21(15-27-29(36)33(30(40)41-27)24-12-10-19(3)20(4)14-24)26(17-23)39-18-28(35)31-22-8-7-9-25(16-22)34(37)38/h7-17H,5-6,18H2,1-4H3,(H,31,35). The molecule has 2 amide bonds. The van der Waals surface area contributed by atoms with Crippen LogP contribution in [0.2, 0.25) is 0 Å². The van der Waals surface area contributed by atoms with E-state index < -0.39 is 10.8 Å². The summed E-state index contributed by atoms with van der Waals surface area (Å²) in [5.74, 6) is -0.295. The number of aryl methyl sites for hydroxylation is 2. The van der Waals surface area contributed by atoms with Crippen LogP contribution in [0.1, 0.15) is 30.5 Å². The Labute approximate surface area is 248 Å². The topological polar surface area (TPSA) is 105 Å². The van der Waals surface area contributed by atoms with Crippen LogP contribution in [-0.2, 0) is 9.59 Å². The number of nitrogens with one attached hydrogen (secondary N) is 1. The monoisotopic (exact) mass is 590 g/mol. The van der Waals surface area contributed by atoms with Crippen molar-refractivity contribution in [1.29, 1.82) is 0 Å². The summed E-state index contributed by atoms with van der Waals surface area (Å²) in [5, 5.41) is 13.7. The van der Waals surface area contributed by atoms with Crippen LogP contribution >= 0.6 is 24.0 Å². The van der Waals surface area contributed by atoms with Gasteiger partial charge in [0, 0.05) is 48.2 Å². The third kappa shape index (κ3) is 6.93. The Bertz CT molecular complexity index is 1550. The Morgan fingerprint density at radius 1 is 1.10 bits per heavy atom. The van der Waals surface area contributed by atoms with Gasteiger partial charge in [0.15, 0.2) is 10.9 Å². The number of ether oxygens (including phenoxy) is 1. The molecule has 1 fully saturated rings. The molecule has 0 saturated carbocycles. The summed E-state index contributed by atoms with van der Waals surface area (Å²) in [6.07, 6.45) is 1.72. The molecule has 3 aromatic carbocycles. The minimum absolute atomic E-state index is 0.129. The van der Waals surface area contributed by atoms with Crippen LogP contribution in [0, 0.1) is 24.0 Å². The molecule has 0 unspecified atom stereocenters. The van der Waals surface area contributed by atoms with E-state index in [0.717, 1.165) is 29.9 Å². The van der Waals surface area contributed by atoms with E-state index in [1.54, 1.807) is 12.1 Å². The Hall–Kier alpha value is -4.22. The molecule has 1 aliphatic heterocycles. The third-order valence-electron chi connectivity index (χ3n) is 6.65. The maximum Gasteiger partial charge on any atom is 0.271 e. The van der Waals surface area contributed by atoms with Gasteiger partial charge in [-0.25, -0.2) is 0 Å². The molecule has 0 aromatic heterocycles. The van der Waals surface area contributed by atoms with Gasteiger partial charge in [-0.05, 0) is 75.2 Å². The number of rotatable bonds is 10. The molecule has 41 heavy (non-hydrogen) atoms. The fourth-order valence-corrected chi connectivity index (χ4v) is 5.58. The number of nitro groups is 1. The summed E-state index contributed by atoms with van der Waals surface area (Å²) in [7, 11) is 0. The third-order valence-corrected chi connectivity index (χ3v) is 7.96. The zero-order valence-corrected chi connectivity index (χ0v) is 24.8. The first-order chi connectivity index (χ1) is 19.6. The predicted octanol–water partition coefficient (Wildman–Crippen LogP) is 6.48. The largest absolute Gasteiger partial charge is 0.483 e. The maximum absolute atomic E-state index is 13.4. The Morgan fingerprint density at radius 2 is 1.85 bits per heavy atom. The molecule has 212 valence electrons. The summed E-state index contributed by atoms with van der Waals surface area (Å²) in [6, 6.07) is 17.1. The Balaban J connectivity index is 1.59. The summed E-state index contributed by atoms with van der Waals surface area (Å²) < 4.78 is 6.39. The normalized spacial score (nSPS) is 14.0. The van der Waals surface area contributed by atoms with Crippen LogP contribution in [0.25, 0.3) is 6.08 Å². The predicted molar refractivity (Wildman–Crippen MR) is 169 cm³/mol. The van der Waals surface area contributed by atoms with E-state index in [1.807, 2.05) is 64.1 Å². The highest BCUT2D eigenvalue weighted by Gasteiger charge is 2.33. The summed E-state index contributed by atoms with van der Waals surface area (Å²) >= 11 is 6.76. The SMILES string of the molecule is CCN(CC)c1ccc(C=C2SC(=S)N(c3ccc(C)c(C)c3)C2=O)c(OCC(=O)Nc2cccc([N+](=O)[O-])c2)c1. The lowest BCUT2D eigenvalue weighted by Crippen LogP contribution is -2.27. The minimum Gasteiger partial charge on any atom is -0.483 e. The molecule has 0 aliphatic carbocycles. The van der Waals surface area contributed by atoms with Crippen LogP contribution in [0.15, 0.2) is 65.6 Å². The molecular weight excluding hydrogens is 560 g/mol. The number of benzene rings is 3. The molecule has 0 atom stereocenters. The molecule has 1 N–H and O–H groups in total. The number of anilines is 3. The van der Waals surface area contributed by atoms with E-state index in [0.29, 0.717) is 31.9 Å². The number of nitro benzene ring substituents is 1. The fraction of sp³-hybridized carbons (Fsp3) is 0.233.